The van der Waals surface area contributed by atoms with Crippen molar-refractivity contribution >= 4 is 16.9 Å². The number of aromatic nitrogens is 1. The Labute approximate surface area is 129 Å². The van der Waals surface area contributed by atoms with Crippen LogP contribution in [0.15, 0.2) is 10.9 Å². The maximum atomic E-state index is 13.8. The highest BCUT2D eigenvalue weighted by Crippen LogP contribution is 2.44. The molecule has 1 heterocycles. The number of aromatic carboxylic acids is 1. The number of pyridine rings is 1. The van der Waals surface area contributed by atoms with Crippen molar-refractivity contribution in [1.82, 2.24) is 4.57 Å². The summed E-state index contributed by atoms with van der Waals surface area (Å²) in [4.78, 5) is 23.3. The minimum Gasteiger partial charge on any atom is -0.502 e. The molecule has 5 nitrogen and oxygen atoms in total. The van der Waals surface area contributed by atoms with Gasteiger partial charge in [0.15, 0.2) is 23.1 Å². The molecule has 1 saturated carbocycles. The maximum absolute atomic E-state index is 13.8. The van der Waals surface area contributed by atoms with Crippen LogP contribution in [-0.4, -0.2) is 20.7 Å². The van der Waals surface area contributed by atoms with Gasteiger partial charge in [-0.05, 0) is 18.9 Å². The Morgan fingerprint density at radius 1 is 1.25 bits per heavy atom. The Hall–Kier alpha value is -2.65. The number of hydrogen-bond acceptors (Lipinski definition) is 3. The van der Waals surface area contributed by atoms with Gasteiger partial charge in [0.1, 0.15) is 5.56 Å². The summed E-state index contributed by atoms with van der Waals surface area (Å²) < 4.78 is 67.7. The molecule has 0 aliphatic heterocycles. The lowest BCUT2D eigenvalue weighted by Gasteiger charge is -2.20. The summed E-state index contributed by atoms with van der Waals surface area (Å²) in [7, 11) is 0. The average molecular weight is 349 g/mol. The van der Waals surface area contributed by atoms with E-state index in [9.17, 15) is 36.6 Å². The van der Waals surface area contributed by atoms with Crippen LogP contribution in [0.4, 0.5) is 22.0 Å². The second-order valence-corrected chi connectivity index (χ2v) is 5.37. The molecule has 2 aromatic rings. The number of rotatable bonds is 2. The molecule has 0 spiro atoms. The molecule has 3 rings (SSSR count). The van der Waals surface area contributed by atoms with Gasteiger partial charge in [0, 0.05) is 6.04 Å². The standard InChI is InChI=1S/C14H8F5NO4/c15-6-3-5-9(7(8(6)16)14(17,18)19)20(4-1-2-4)10(13(23)24)12(22)11(5)21/h3-4,22H,1-2H2,(H,23,24). The third-order valence-corrected chi connectivity index (χ3v) is 3.76. The molecule has 1 aromatic carbocycles. The lowest BCUT2D eigenvalue weighted by molar-refractivity contribution is -0.139. The van der Waals surface area contributed by atoms with Gasteiger partial charge in [0.05, 0.1) is 10.9 Å². The van der Waals surface area contributed by atoms with E-state index in [0.717, 1.165) is 0 Å². The number of carboxylic acid groups (broad SMARTS) is 1. The predicted octanol–water partition coefficient (Wildman–Crippen LogP) is 3.04. The number of fused-ring (bicyclic) bond motifs is 1. The molecule has 2 N–H and O–H groups in total. The van der Waals surface area contributed by atoms with Crippen LogP contribution in [0.25, 0.3) is 10.9 Å². The van der Waals surface area contributed by atoms with Crippen LogP contribution in [0.3, 0.4) is 0 Å². The van der Waals surface area contributed by atoms with E-state index in [0.29, 0.717) is 4.57 Å². The van der Waals surface area contributed by atoms with Crippen LogP contribution in [0.2, 0.25) is 0 Å². The first-order valence-corrected chi connectivity index (χ1v) is 6.65. The zero-order valence-corrected chi connectivity index (χ0v) is 11.6. The zero-order valence-electron chi connectivity index (χ0n) is 11.6. The number of benzene rings is 1. The third-order valence-electron chi connectivity index (χ3n) is 3.76. The van der Waals surface area contributed by atoms with Gasteiger partial charge in [-0.25, -0.2) is 13.6 Å². The number of hydrogen-bond donors (Lipinski definition) is 2. The monoisotopic (exact) mass is 349 g/mol. The minimum absolute atomic E-state index is 0.229. The van der Waals surface area contributed by atoms with Crippen molar-refractivity contribution in [2.45, 2.75) is 25.1 Å². The molecule has 1 aliphatic rings. The summed E-state index contributed by atoms with van der Waals surface area (Å²) in [6.45, 7) is 0. The molecule has 10 heteroatoms. The topological polar surface area (TPSA) is 79.5 Å². The number of carboxylic acids is 1. The van der Waals surface area contributed by atoms with Crippen LogP contribution < -0.4 is 5.43 Å². The van der Waals surface area contributed by atoms with Crippen molar-refractivity contribution < 1.29 is 37.0 Å². The van der Waals surface area contributed by atoms with Crippen LogP contribution in [-0.2, 0) is 6.18 Å². The van der Waals surface area contributed by atoms with Crippen molar-refractivity contribution in [1.29, 1.82) is 0 Å². The summed E-state index contributed by atoms with van der Waals surface area (Å²) in [5.74, 6) is -7.32. The highest BCUT2D eigenvalue weighted by molar-refractivity contribution is 5.95. The summed E-state index contributed by atoms with van der Waals surface area (Å²) in [6, 6.07) is -0.539. The second kappa shape index (κ2) is 4.92. The van der Waals surface area contributed by atoms with Crippen molar-refractivity contribution in [2.24, 2.45) is 0 Å². The van der Waals surface area contributed by atoms with E-state index in [1.54, 1.807) is 0 Å². The number of aromatic hydroxyl groups is 1. The Morgan fingerprint density at radius 2 is 1.83 bits per heavy atom. The van der Waals surface area contributed by atoms with Gasteiger partial charge in [-0.15, -0.1) is 0 Å². The fraction of sp³-hybridized carbons (Fsp3) is 0.286. The van der Waals surface area contributed by atoms with E-state index >= 15 is 0 Å². The van der Waals surface area contributed by atoms with E-state index < -0.39 is 63.2 Å². The van der Waals surface area contributed by atoms with E-state index in [1.165, 1.54) is 0 Å². The van der Waals surface area contributed by atoms with E-state index in [1.807, 2.05) is 0 Å². The van der Waals surface area contributed by atoms with E-state index in [4.69, 9.17) is 5.11 Å². The zero-order chi connectivity index (χ0) is 18.0. The number of alkyl halides is 3. The van der Waals surface area contributed by atoms with E-state index in [-0.39, 0.29) is 18.9 Å². The first-order chi connectivity index (χ1) is 11.1. The fourth-order valence-electron chi connectivity index (χ4n) is 2.66. The smallest absolute Gasteiger partial charge is 0.421 e. The van der Waals surface area contributed by atoms with E-state index in [2.05, 4.69) is 0 Å². The average Bonchev–Trinajstić information content (AvgIpc) is 3.27. The second-order valence-electron chi connectivity index (χ2n) is 5.37. The Balaban J connectivity index is 2.67. The van der Waals surface area contributed by atoms with Gasteiger partial charge >= 0.3 is 12.1 Å². The van der Waals surface area contributed by atoms with Gasteiger partial charge in [-0.1, -0.05) is 0 Å². The molecule has 1 aliphatic carbocycles. The molecule has 0 atom stereocenters. The van der Waals surface area contributed by atoms with Gasteiger partial charge in [0.25, 0.3) is 0 Å². The molecule has 1 aromatic heterocycles. The molecule has 0 unspecified atom stereocenters. The molecule has 1 fully saturated rings. The lowest BCUT2D eigenvalue weighted by Crippen LogP contribution is -2.23. The normalized spacial score (nSPS) is 15.0. The molecule has 0 amide bonds. The van der Waals surface area contributed by atoms with Crippen LogP contribution >= 0.6 is 0 Å². The van der Waals surface area contributed by atoms with Gasteiger partial charge in [-0.2, -0.15) is 13.2 Å². The fourth-order valence-corrected chi connectivity index (χ4v) is 2.66. The first-order valence-electron chi connectivity index (χ1n) is 6.65. The molecule has 0 radical (unpaired) electrons. The Kier molecular flexibility index (Phi) is 3.32. The number of carbonyl (C=O) groups is 1. The first kappa shape index (κ1) is 16.2. The molecule has 128 valence electrons. The Morgan fingerprint density at radius 3 is 2.29 bits per heavy atom. The molecular weight excluding hydrogens is 341 g/mol. The largest absolute Gasteiger partial charge is 0.502 e. The van der Waals surface area contributed by atoms with Gasteiger partial charge < -0.3 is 14.8 Å². The van der Waals surface area contributed by atoms with Gasteiger partial charge in [-0.3, -0.25) is 4.79 Å². The van der Waals surface area contributed by atoms with Crippen LogP contribution in [0, 0.1) is 11.6 Å². The third kappa shape index (κ3) is 2.21. The van der Waals surface area contributed by atoms with Gasteiger partial charge in [0.2, 0.25) is 5.43 Å². The summed E-state index contributed by atoms with van der Waals surface area (Å²) in [6.07, 6.45) is -4.83. The van der Waals surface area contributed by atoms with Crippen molar-refractivity contribution in [3.8, 4) is 5.75 Å². The molecular formula is C14H8F5NO4. The maximum Gasteiger partial charge on any atom is 0.421 e. The summed E-state index contributed by atoms with van der Waals surface area (Å²) in [5, 5.41) is 18.0. The SMILES string of the molecule is O=C(O)c1c(O)c(=O)c2cc(F)c(F)c(C(F)(F)F)c2n1C1CC1. The summed E-state index contributed by atoms with van der Waals surface area (Å²) >= 11 is 0. The minimum atomic E-state index is -5.37. The highest BCUT2D eigenvalue weighted by atomic mass is 19.4. The van der Waals surface area contributed by atoms with Crippen molar-refractivity contribution in [2.75, 3.05) is 0 Å². The highest BCUT2D eigenvalue weighted by Gasteiger charge is 2.42. The lowest BCUT2D eigenvalue weighted by atomic mass is 10.0. The Bertz CT molecular complexity index is 943. The molecule has 0 bridgehead atoms. The van der Waals surface area contributed by atoms with Crippen LogP contribution in [0.1, 0.15) is 34.9 Å². The van der Waals surface area contributed by atoms with Crippen molar-refractivity contribution in [3.63, 3.8) is 0 Å². The number of nitrogens with zero attached hydrogens (tertiary/aromatic N) is 1. The van der Waals surface area contributed by atoms with Crippen LogP contribution in [0.5, 0.6) is 5.75 Å². The molecule has 0 saturated heterocycles. The number of halogens is 5. The predicted molar refractivity (Wildman–Crippen MR) is 70.0 cm³/mol. The quantitative estimate of drug-likeness (QED) is 0.817. The molecule has 24 heavy (non-hydrogen) atoms. The summed E-state index contributed by atoms with van der Waals surface area (Å²) in [5.41, 5.74) is -5.73. The van der Waals surface area contributed by atoms with Crippen molar-refractivity contribution in [3.05, 3.63) is 39.2 Å².